The van der Waals surface area contributed by atoms with E-state index < -0.39 is 0 Å². The Morgan fingerprint density at radius 2 is 1.85 bits per heavy atom. The molecule has 6 nitrogen and oxygen atoms in total. The van der Waals surface area contributed by atoms with Gasteiger partial charge in [0.05, 0.1) is 6.67 Å². The van der Waals surface area contributed by atoms with E-state index in [1.165, 1.54) is 0 Å². The fraction of sp³-hybridized carbons (Fsp3) is 0.316. The first kappa shape index (κ1) is 18.3. The highest BCUT2D eigenvalue weighted by molar-refractivity contribution is 7.71. The molecule has 0 aliphatic heterocycles. The minimum atomic E-state index is 0.611. The van der Waals surface area contributed by atoms with Gasteiger partial charge < -0.3 is 9.30 Å². The molecule has 26 heavy (non-hydrogen) atoms. The normalized spacial score (nSPS) is 11.0. The highest BCUT2D eigenvalue weighted by Gasteiger charge is 2.12. The summed E-state index contributed by atoms with van der Waals surface area (Å²) >= 11 is 5.61. The molecule has 3 rings (SSSR count). The highest BCUT2D eigenvalue weighted by Crippen LogP contribution is 2.17. The molecule has 0 bridgehead atoms. The summed E-state index contributed by atoms with van der Waals surface area (Å²) < 4.78 is 10.4. The van der Waals surface area contributed by atoms with Crippen molar-refractivity contribution in [1.82, 2.24) is 24.2 Å². The molecule has 1 aromatic carbocycles. The van der Waals surface area contributed by atoms with Gasteiger partial charge in [-0.1, -0.05) is 18.2 Å². The monoisotopic (exact) mass is 369 g/mol. The lowest BCUT2D eigenvalue weighted by molar-refractivity contribution is 0.197. The maximum Gasteiger partial charge on any atom is 0.199 e. The summed E-state index contributed by atoms with van der Waals surface area (Å²) in [4.78, 5) is 6.21. The summed E-state index contributed by atoms with van der Waals surface area (Å²) in [6.45, 7) is 4.85. The summed E-state index contributed by atoms with van der Waals surface area (Å²) in [6.07, 6.45) is 3.54. The molecule has 0 unspecified atom stereocenters. The van der Waals surface area contributed by atoms with E-state index in [2.05, 4.69) is 16.8 Å². The van der Waals surface area contributed by atoms with Crippen LogP contribution in [0.1, 0.15) is 6.92 Å². The van der Waals surface area contributed by atoms with Gasteiger partial charge in [-0.25, -0.2) is 4.68 Å². The lowest BCUT2D eigenvalue weighted by Crippen LogP contribution is -2.27. The molecule has 3 aromatic rings. The predicted molar refractivity (Wildman–Crippen MR) is 105 cm³/mol. The van der Waals surface area contributed by atoms with Crippen LogP contribution in [-0.4, -0.2) is 44.4 Å². The number of rotatable bonds is 8. The van der Waals surface area contributed by atoms with Gasteiger partial charge in [-0.2, -0.15) is 5.10 Å². The predicted octanol–water partition coefficient (Wildman–Crippen LogP) is 3.46. The van der Waals surface area contributed by atoms with Gasteiger partial charge in [0.25, 0.3) is 0 Å². The van der Waals surface area contributed by atoms with Crippen molar-refractivity contribution in [3.63, 3.8) is 0 Å². The van der Waals surface area contributed by atoms with Crippen molar-refractivity contribution >= 4 is 12.2 Å². The summed E-state index contributed by atoms with van der Waals surface area (Å²) in [5, 5.41) is 4.72. The Balaban J connectivity index is 1.66. The average molecular weight is 369 g/mol. The Kier molecular flexibility index (Phi) is 6.14. The van der Waals surface area contributed by atoms with E-state index in [4.69, 9.17) is 22.1 Å². The van der Waals surface area contributed by atoms with Gasteiger partial charge in [0, 0.05) is 31.0 Å². The van der Waals surface area contributed by atoms with E-state index >= 15 is 0 Å². The third-order valence-electron chi connectivity index (χ3n) is 4.04. The van der Waals surface area contributed by atoms with Crippen LogP contribution < -0.4 is 4.74 Å². The van der Waals surface area contributed by atoms with E-state index in [0.717, 1.165) is 35.0 Å². The van der Waals surface area contributed by atoms with E-state index in [-0.39, 0.29) is 0 Å². The Labute approximate surface area is 158 Å². The van der Waals surface area contributed by atoms with Crippen LogP contribution in [0.5, 0.6) is 5.75 Å². The van der Waals surface area contributed by atoms with Crippen LogP contribution in [0.3, 0.4) is 0 Å². The van der Waals surface area contributed by atoms with Gasteiger partial charge in [0.2, 0.25) is 0 Å². The number of hydrogen-bond acceptors (Lipinski definition) is 5. The molecule has 0 amide bonds. The molecule has 0 atom stereocenters. The summed E-state index contributed by atoms with van der Waals surface area (Å²) in [6, 6.07) is 13.7. The Morgan fingerprint density at radius 3 is 2.54 bits per heavy atom. The second-order valence-corrected chi connectivity index (χ2v) is 6.33. The molecule has 0 spiro atoms. The number of likely N-dealkylation sites (N-methyl/N-ethyl adjacent to an activating group) is 1. The Hall–Kier alpha value is -2.51. The third-order valence-corrected chi connectivity index (χ3v) is 4.47. The number of hydrogen-bond donors (Lipinski definition) is 0. The average Bonchev–Trinajstić information content (AvgIpc) is 2.99. The second-order valence-electron chi connectivity index (χ2n) is 5.97. The molecule has 0 aliphatic carbocycles. The van der Waals surface area contributed by atoms with Gasteiger partial charge in [-0.3, -0.25) is 9.88 Å². The van der Waals surface area contributed by atoms with Crippen LogP contribution in [0, 0.1) is 4.77 Å². The minimum Gasteiger partial charge on any atom is -0.492 e. The fourth-order valence-corrected chi connectivity index (χ4v) is 2.98. The molecule has 0 aliphatic rings. The highest BCUT2D eigenvalue weighted by atomic mass is 32.1. The molecule has 0 radical (unpaired) electrons. The van der Waals surface area contributed by atoms with Crippen molar-refractivity contribution in [3.8, 4) is 17.1 Å². The molecule has 0 saturated carbocycles. The van der Waals surface area contributed by atoms with E-state index in [0.29, 0.717) is 13.3 Å². The Morgan fingerprint density at radius 1 is 1.12 bits per heavy atom. The number of benzene rings is 1. The third kappa shape index (κ3) is 4.36. The van der Waals surface area contributed by atoms with Crippen LogP contribution >= 0.6 is 12.2 Å². The number of pyridine rings is 1. The van der Waals surface area contributed by atoms with Gasteiger partial charge in [0.1, 0.15) is 12.4 Å². The smallest absolute Gasteiger partial charge is 0.199 e. The van der Waals surface area contributed by atoms with Crippen molar-refractivity contribution in [2.45, 2.75) is 20.1 Å². The van der Waals surface area contributed by atoms with Gasteiger partial charge >= 0.3 is 0 Å². The van der Waals surface area contributed by atoms with Crippen LogP contribution in [0.2, 0.25) is 0 Å². The summed E-state index contributed by atoms with van der Waals surface area (Å²) in [5.41, 5.74) is 1.02. The molecule has 2 aromatic heterocycles. The van der Waals surface area contributed by atoms with E-state index in [1.807, 2.05) is 58.8 Å². The second kappa shape index (κ2) is 8.73. The Bertz CT molecular complexity index is 876. The lowest BCUT2D eigenvalue weighted by atomic mass is 10.2. The SMILES string of the molecule is CCn1c(-c2ccncc2)nn(CN(C)CCOc2ccccc2)c1=S. The molecule has 0 N–H and O–H groups in total. The van der Waals surface area contributed by atoms with Crippen LogP contribution in [0.25, 0.3) is 11.4 Å². The molecule has 7 heteroatoms. The first-order valence-corrected chi connectivity index (χ1v) is 9.04. The van der Waals surface area contributed by atoms with Crippen LogP contribution in [0.4, 0.5) is 0 Å². The van der Waals surface area contributed by atoms with Gasteiger partial charge in [-0.15, -0.1) is 0 Å². The van der Waals surface area contributed by atoms with Crippen molar-refractivity contribution in [2.24, 2.45) is 0 Å². The van der Waals surface area contributed by atoms with Crippen molar-refractivity contribution in [2.75, 3.05) is 20.2 Å². The number of para-hydroxylation sites is 1. The fourth-order valence-electron chi connectivity index (χ4n) is 2.67. The largest absolute Gasteiger partial charge is 0.492 e. The molecule has 2 heterocycles. The quantitative estimate of drug-likeness (QED) is 0.569. The van der Waals surface area contributed by atoms with Crippen molar-refractivity contribution < 1.29 is 4.74 Å². The molecular weight excluding hydrogens is 346 g/mol. The van der Waals surface area contributed by atoms with E-state index in [1.54, 1.807) is 12.4 Å². The zero-order valence-corrected chi connectivity index (χ0v) is 15.9. The molecule has 0 fully saturated rings. The lowest BCUT2D eigenvalue weighted by Gasteiger charge is -2.16. The maximum absolute atomic E-state index is 5.75. The standard InChI is InChI=1S/C19H23N5OS/c1-3-23-18(16-9-11-20-12-10-16)21-24(19(23)26)15-22(2)13-14-25-17-7-5-4-6-8-17/h4-12H,3,13-15H2,1-2H3. The number of aromatic nitrogens is 4. The molecule has 136 valence electrons. The summed E-state index contributed by atoms with van der Waals surface area (Å²) in [7, 11) is 2.03. The number of ether oxygens (including phenoxy) is 1. The molecular formula is C19H23N5OS. The topological polar surface area (TPSA) is 48.1 Å². The van der Waals surface area contributed by atoms with Crippen molar-refractivity contribution in [1.29, 1.82) is 0 Å². The summed E-state index contributed by atoms with van der Waals surface area (Å²) in [5.74, 6) is 1.75. The van der Waals surface area contributed by atoms with E-state index in [9.17, 15) is 0 Å². The van der Waals surface area contributed by atoms with Crippen molar-refractivity contribution in [3.05, 3.63) is 59.6 Å². The number of nitrogens with zero attached hydrogens (tertiary/aromatic N) is 5. The van der Waals surface area contributed by atoms with Gasteiger partial charge in [-0.05, 0) is 50.5 Å². The maximum atomic E-state index is 5.75. The molecule has 0 saturated heterocycles. The zero-order chi connectivity index (χ0) is 18.4. The minimum absolute atomic E-state index is 0.611. The first-order chi connectivity index (χ1) is 12.7. The van der Waals surface area contributed by atoms with Gasteiger partial charge in [0.15, 0.2) is 10.6 Å². The van der Waals surface area contributed by atoms with Crippen LogP contribution in [0.15, 0.2) is 54.9 Å². The zero-order valence-electron chi connectivity index (χ0n) is 15.1. The first-order valence-electron chi connectivity index (χ1n) is 8.63. The van der Waals surface area contributed by atoms with Crippen LogP contribution in [-0.2, 0) is 13.2 Å².